The number of carbonyl (C=O) groups is 2. The number of nitrogens with zero attached hydrogens (tertiary/aromatic N) is 1. The average molecular weight is 233 g/mol. The fourth-order valence-corrected chi connectivity index (χ4v) is 1.83. The van der Waals surface area contributed by atoms with E-state index in [1.165, 1.54) is 4.90 Å². The molecule has 1 unspecified atom stereocenters. The summed E-state index contributed by atoms with van der Waals surface area (Å²) in [6.45, 7) is 3.94. The highest BCUT2D eigenvalue weighted by atomic mass is 32.2. The Labute approximate surface area is 95.0 Å². The minimum absolute atomic E-state index is 0.00144. The number of hydrogen-bond acceptors (Lipinski definition) is 3. The van der Waals surface area contributed by atoms with Gasteiger partial charge >= 0.3 is 5.97 Å². The molecule has 0 radical (unpaired) electrons. The second kappa shape index (κ2) is 7.56. The maximum absolute atomic E-state index is 11.5. The molecule has 88 valence electrons. The van der Waals surface area contributed by atoms with Gasteiger partial charge in [0.2, 0.25) is 5.91 Å². The topological polar surface area (TPSA) is 57.6 Å². The molecule has 0 saturated heterocycles. The van der Waals surface area contributed by atoms with Gasteiger partial charge in [0.05, 0.1) is 11.7 Å². The molecule has 0 aromatic carbocycles. The van der Waals surface area contributed by atoms with Gasteiger partial charge in [-0.15, -0.1) is 0 Å². The van der Waals surface area contributed by atoms with Crippen molar-refractivity contribution >= 4 is 23.6 Å². The molecule has 1 amide bonds. The van der Waals surface area contributed by atoms with E-state index in [1.54, 1.807) is 25.7 Å². The quantitative estimate of drug-likeness (QED) is 0.674. The van der Waals surface area contributed by atoms with Gasteiger partial charge in [-0.1, -0.05) is 13.8 Å². The molecule has 0 aliphatic rings. The summed E-state index contributed by atoms with van der Waals surface area (Å²) in [7, 11) is 1.65. The van der Waals surface area contributed by atoms with Crippen LogP contribution in [0.5, 0.6) is 0 Å². The molecule has 1 N–H and O–H groups in total. The second-order valence-electron chi connectivity index (χ2n) is 3.57. The van der Waals surface area contributed by atoms with Crippen LogP contribution in [0.1, 0.15) is 20.3 Å². The van der Waals surface area contributed by atoms with E-state index in [0.717, 1.165) is 12.2 Å². The number of carbonyl (C=O) groups excluding carboxylic acids is 1. The molecule has 4 nitrogen and oxygen atoms in total. The molecular weight excluding hydrogens is 214 g/mol. The van der Waals surface area contributed by atoms with Gasteiger partial charge in [0, 0.05) is 13.6 Å². The van der Waals surface area contributed by atoms with E-state index in [1.807, 2.05) is 0 Å². The molecule has 15 heavy (non-hydrogen) atoms. The fraction of sp³-hybridized carbons (Fsp3) is 0.800. The molecule has 0 aliphatic heterocycles. The first-order valence-electron chi connectivity index (χ1n) is 5.03. The largest absolute Gasteiger partial charge is 0.481 e. The van der Waals surface area contributed by atoms with Crippen LogP contribution in [-0.4, -0.2) is 47.0 Å². The van der Waals surface area contributed by atoms with E-state index in [9.17, 15) is 9.59 Å². The van der Waals surface area contributed by atoms with Crippen molar-refractivity contribution in [2.24, 2.45) is 5.92 Å². The summed E-state index contributed by atoms with van der Waals surface area (Å²) in [5, 5.41) is 8.68. The van der Waals surface area contributed by atoms with Crippen LogP contribution in [0.4, 0.5) is 0 Å². The first kappa shape index (κ1) is 14.3. The zero-order valence-electron chi connectivity index (χ0n) is 9.52. The lowest BCUT2D eigenvalue weighted by molar-refractivity contribution is -0.142. The Bertz CT molecular complexity index is 221. The van der Waals surface area contributed by atoms with Gasteiger partial charge in [0.25, 0.3) is 0 Å². The maximum Gasteiger partial charge on any atom is 0.308 e. The summed E-state index contributed by atoms with van der Waals surface area (Å²) in [5.41, 5.74) is 0. The number of carboxylic acid groups (broad SMARTS) is 1. The summed E-state index contributed by atoms with van der Waals surface area (Å²) >= 11 is 1.59. The van der Waals surface area contributed by atoms with E-state index in [0.29, 0.717) is 5.75 Å². The van der Waals surface area contributed by atoms with Crippen molar-refractivity contribution in [1.29, 1.82) is 0 Å². The van der Waals surface area contributed by atoms with Crippen molar-refractivity contribution in [3.8, 4) is 0 Å². The van der Waals surface area contributed by atoms with Crippen molar-refractivity contribution < 1.29 is 14.7 Å². The van der Waals surface area contributed by atoms with Crippen molar-refractivity contribution in [3.05, 3.63) is 0 Å². The van der Waals surface area contributed by atoms with Gasteiger partial charge in [0.1, 0.15) is 0 Å². The molecule has 0 spiro atoms. The van der Waals surface area contributed by atoms with Crippen LogP contribution in [0.25, 0.3) is 0 Å². The Kier molecular flexibility index (Phi) is 7.21. The number of aliphatic carboxylic acids is 1. The summed E-state index contributed by atoms with van der Waals surface area (Å²) < 4.78 is 0. The lowest BCUT2D eigenvalue weighted by Crippen LogP contribution is -2.34. The molecule has 0 bridgehead atoms. The van der Waals surface area contributed by atoms with Crippen molar-refractivity contribution in [1.82, 2.24) is 4.90 Å². The number of thioether (sulfide) groups is 1. The van der Waals surface area contributed by atoms with Crippen LogP contribution >= 0.6 is 11.8 Å². The average Bonchev–Trinajstić information content (AvgIpc) is 2.17. The third-order valence-electron chi connectivity index (χ3n) is 1.97. The molecule has 0 aromatic rings. The first-order valence-corrected chi connectivity index (χ1v) is 6.19. The summed E-state index contributed by atoms with van der Waals surface area (Å²) in [6, 6.07) is 0. The molecule has 1 atom stereocenters. The molecule has 0 heterocycles. The van der Waals surface area contributed by atoms with Crippen LogP contribution in [0, 0.1) is 5.92 Å². The van der Waals surface area contributed by atoms with E-state index >= 15 is 0 Å². The highest BCUT2D eigenvalue weighted by molar-refractivity contribution is 7.99. The Morgan fingerprint density at radius 3 is 2.53 bits per heavy atom. The summed E-state index contributed by atoms with van der Waals surface area (Å²) in [6.07, 6.45) is 1.05. The molecule has 0 saturated carbocycles. The number of rotatable bonds is 7. The summed E-state index contributed by atoms with van der Waals surface area (Å²) in [4.78, 5) is 23.6. The third-order valence-corrected chi connectivity index (χ3v) is 3.12. The van der Waals surface area contributed by atoms with Crippen LogP contribution in [0.15, 0.2) is 0 Å². The van der Waals surface area contributed by atoms with Crippen LogP contribution in [-0.2, 0) is 9.59 Å². The highest BCUT2D eigenvalue weighted by Gasteiger charge is 2.16. The van der Waals surface area contributed by atoms with Crippen LogP contribution < -0.4 is 0 Å². The Balaban J connectivity index is 3.83. The SMILES string of the molecule is CCCSCC(=O)N(C)CC(C)C(=O)O. The van der Waals surface area contributed by atoms with Gasteiger partial charge in [-0.25, -0.2) is 0 Å². The Morgan fingerprint density at radius 2 is 2.07 bits per heavy atom. The molecule has 0 fully saturated rings. The van der Waals surface area contributed by atoms with Gasteiger partial charge in [-0.2, -0.15) is 11.8 Å². The van der Waals surface area contributed by atoms with Gasteiger partial charge in [0.15, 0.2) is 0 Å². The molecule has 5 heteroatoms. The zero-order valence-corrected chi connectivity index (χ0v) is 10.3. The van der Waals surface area contributed by atoms with Gasteiger partial charge < -0.3 is 10.0 Å². The molecular formula is C10H19NO3S. The summed E-state index contributed by atoms with van der Waals surface area (Å²) in [5.74, 6) is 0.0395. The smallest absolute Gasteiger partial charge is 0.308 e. The number of carboxylic acids is 1. The van der Waals surface area contributed by atoms with E-state index in [4.69, 9.17) is 5.11 Å². The first-order chi connectivity index (χ1) is 6.99. The lowest BCUT2D eigenvalue weighted by atomic mass is 10.2. The zero-order chi connectivity index (χ0) is 11.8. The van der Waals surface area contributed by atoms with Crippen LogP contribution in [0.3, 0.4) is 0 Å². The monoisotopic (exact) mass is 233 g/mol. The fourth-order valence-electron chi connectivity index (χ4n) is 1.00. The predicted molar refractivity (Wildman–Crippen MR) is 62.1 cm³/mol. The minimum Gasteiger partial charge on any atom is -0.481 e. The van der Waals surface area contributed by atoms with Crippen molar-refractivity contribution in [2.75, 3.05) is 25.1 Å². The Hall–Kier alpha value is -0.710. The number of hydrogen-bond donors (Lipinski definition) is 1. The Morgan fingerprint density at radius 1 is 1.47 bits per heavy atom. The lowest BCUT2D eigenvalue weighted by Gasteiger charge is -2.19. The standard InChI is InChI=1S/C10H19NO3S/c1-4-5-15-7-9(12)11(3)6-8(2)10(13)14/h8H,4-7H2,1-3H3,(H,13,14). The van der Waals surface area contributed by atoms with E-state index in [-0.39, 0.29) is 12.5 Å². The van der Waals surface area contributed by atoms with E-state index in [2.05, 4.69) is 6.92 Å². The van der Waals surface area contributed by atoms with Gasteiger partial charge in [-0.3, -0.25) is 9.59 Å². The van der Waals surface area contributed by atoms with Crippen molar-refractivity contribution in [3.63, 3.8) is 0 Å². The second-order valence-corrected chi connectivity index (χ2v) is 4.67. The molecule has 0 aliphatic carbocycles. The predicted octanol–water partition coefficient (Wildman–Crippen LogP) is 1.31. The molecule has 0 rings (SSSR count). The maximum atomic E-state index is 11.5. The third kappa shape index (κ3) is 6.38. The minimum atomic E-state index is -0.865. The number of amides is 1. The van der Waals surface area contributed by atoms with Gasteiger partial charge in [-0.05, 0) is 12.2 Å². The van der Waals surface area contributed by atoms with Crippen LogP contribution in [0.2, 0.25) is 0 Å². The van der Waals surface area contributed by atoms with Crippen molar-refractivity contribution in [2.45, 2.75) is 20.3 Å². The van der Waals surface area contributed by atoms with E-state index < -0.39 is 11.9 Å². The normalized spacial score (nSPS) is 12.2. The highest BCUT2D eigenvalue weighted by Crippen LogP contribution is 2.05. The molecule has 0 aromatic heterocycles.